The molecule has 1 aliphatic heterocycles. The standard InChI is InChI=1S/C22H21ClN4OS/c1-15(28)21-24-27(19-8-6-16(23)7-9-19)22(20-5-4-14-29-20)26(21)18-12-10-17(11-13-18)25(2)3/h4-14,22H,1-3H3/t22-/m0/s1. The van der Waals surface area contributed by atoms with Gasteiger partial charge in [-0.05, 0) is 60.0 Å². The first kappa shape index (κ1) is 19.5. The van der Waals surface area contributed by atoms with Gasteiger partial charge in [0.1, 0.15) is 0 Å². The Hall–Kier alpha value is -2.83. The lowest BCUT2D eigenvalue weighted by Gasteiger charge is -2.31. The van der Waals surface area contributed by atoms with Gasteiger partial charge in [-0.2, -0.15) is 0 Å². The van der Waals surface area contributed by atoms with Crippen LogP contribution in [-0.4, -0.2) is 25.7 Å². The van der Waals surface area contributed by atoms with Crippen LogP contribution in [0, 0.1) is 0 Å². The van der Waals surface area contributed by atoms with E-state index in [9.17, 15) is 4.79 Å². The maximum absolute atomic E-state index is 12.5. The molecular formula is C22H21ClN4OS. The summed E-state index contributed by atoms with van der Waals surface area (Å²) in [5, 5.41) is 9.30. The number of anilines is 3. The molecule has 0 saturated carbocycles. The van der Waals surface area contributed by atoms with E-state index in [2.05, 4.69) is 6.07 Å². The van der Waals surface area contributed by atoms with E-state index in [1.807, 2.05) is 88.9 Å². The SMILES string of the molecule is CC(=O)C1=NN(c2ccc(Cl)cc2)[C@@H](c2cccs2)N1c1ccc(N(C)C)cc1. The number of thiophene rings is 1. The largest absolute Gasteiger partial charge is 0.378 e. The van der Waals surface area contributed by atoms with Crippen LogP contribution in [0.25, 0.3) is 0 Å². The van der Waals surface area contributed by atoms with Crippen LogP contribution in [0.15, 0.2) is 71.1 Å². The van der Waals surface area contributed by atoms with E-state index in [0.717, 1.165) is 21.9 Å². The Morgan fingerprint density at radius 2 is 1.69 bits per heavy atom. The van der Waals surface area contributed by atoms with Crippen LogP contribution in [0.1, 0.15) is 18.0 Å². The fourth-order valence-electron chi connectivity index (χ4n) is 3.32. The second-order valence-electron chi connectivity index (χ2n) is 6.97. The van der Waals surface area contributed by atoms with Crippen LogP contribution in [0.4, 0.5) is 17.1 Å². The van der Waals surface area contributed by atoms with Gasteiger partial charge in [-0.1, -0.05) is 17.7 Å². The molecule has 1 atom stereocenters. The highest BCUT2D eigenvalue weighted by molar-refractivity contribution is 7.10. The summed E-state index contributed by atoms with van der Waals surface area (Å²) in [6.45, 7) is 1.55. The second-order valence-corrected chi connectivity index (χ2v) is 8.39. The molecule has 0 N–H and O–H groups in total. The third-order valence-corrected chi connectivity index (χ3v) is 5.92. The molecule has 1 aromatic heterocycles. The zero-order chi connectivity index (χ0) is 20.5. The molecule has 0 radical (unpaired) electrons. The Morgan fingerprint density at radius 3 is 2.24 bits per heavy atom. The zero-order valence-electron chi connectivity index (χ0n) is 16.4. The van der Waals surface area contributed by atoms with E-state index >= 15 is 0 Å². The summed E-state index contributed by atoms with van der Waals surface area (Å²) in [5.74, 6) is 0.329. The topological polar surface area (TPSA) is 39.2 Å². The van der Waals surface area contributed by atoms with E-state index in [0.29, 0.717) is 10.9 Å². The third kappa shape index (κ3) is 3.73. The molecule has 7 heteroatoms. The smallest absolute Gasteiger partial charge is 0.198 e. The zero-order valence-corrected chi connectivity index (χ0v) is 18.0. The van der Waals surface area contributed by atoms with Gasteiger partial charge in [0, 0.05) is 42.3 Å². The van der Waals surface area contributed by atoms with Gasteiger partial charge < -0.3 is 4.90 Å². The Balaban J connectivity index is 1.83. The first-order valence-electron chi connectivity index (χ1n) is 9.20. The number of nitrogens with zero attached hydrogens (tertiary/aromatic N) is 4. The van der Waals surface area contributed by atoms with Crippen molar-refractivity contribution in [1.29, 1.82) is 0 Å². The van der Waals surface area contributed by atoms with E-state index < -0.39 is 0 Å². The molecule has 0 unspecified atom stereocenters. The van der Waals surface area contributed by atoms with Crippen molar-refractivity contribution in [3.8, 4) is 0 Å². The first-order chi connectivity index (χ1) is 14.0. The third-order valence-electron chi connectivity index (χ3n) is 4.75. The number of halogens is 1. The van der Waals surface area contributed by atoms with Gasteiger partial charge in [0.25, 0.3) is 0 Å². The minimum Gasteiger partial charge on any atom is -0.378 e. The molecule has 5 nitrogen and oxygen atoms in total. The number of amidine groups is 1. The highest BCUT2D eigenvalue weighted by Crippen LogP contribution is 2.41. The van der Waals surface area contributed by atoms with Crippen LogP contribution >= 0.6 is 22.9 Å². The van der Waals surface area contributed by atoms with Gasteiger partial charge in [-0.3, -0.25) is 9.69 Å². The fourth-order valence-corrected chi connectivity index (χ4v) is 4.25. The number of hydrogen-bond donors (Lipinski definition) is 0. The molecule has 148 valence electrons. The molecule has 2 heterocycles. The van der Waals surface area contributed by atoms with Crippen LogP contribution in [0.3, 0.4) is 0 Å². The average molecular weight is 425 g/mol. The lowest BCUT2D eigenvalue weighted by atomic mass is 10.2. The van der Waals surface area contributed by atoms with E-state index in [1.54, 1.807) is 18.3 Å². The molecule has 4 rings (SSSR count). The summed E-state index contributed by atoms with van der Waals surface area (Å²) in [4.78, 5) is 17.7. The number of benzene rings is 2. The van der Waals surface area contributed by atoms with Gasteiger partial charge in [0.05, 0.1) is 5.69 Å². The van der Waals surface area contributed by atoms with Gasteiger partial charge in [-0.15, -0.1) is 16.4 Å². The van der Waals surface area contributed by atoms with E-state index in [-0.39, 0.29) is 11.9 Å². The molecule has 2 aromatic carbocycles. The van der Waals surface area contributed by atoms with Gasteiger partial charge >= 0.3 is 0 Å². The minimum absolute atomic E-state index is 0.0836. The van der Waals surface area contributed by atoms with Gasteiger partial charge in [-0.25, -0.2) is 5.01 Å². The Morgan fingerprint density at radius 1 is 1.03 bits per heavy atom. The van der Waals surface area contributed by atoms with E-state index in [1.165, 1.54) is 0 Å². The maximum Gasteiger partial charge on any atom is 0.198 e. The van der Waals surface area contributed by atoms with Crippen molar-refractivity contribution < 1.29 is 4.79 Å². The molecule has 0 aliphatic carbocycles. The number of hydrogen-bond acceptors (Lipinski definition) is 6. The van der Waals surface area contributed by atoms with Crippen molar-refractivity contribution in [2.45, 2.75) is 13.1 Å². The van der Waals surface area contributed by atoms with Crippen molar-refractivity contribution in [2.75, 3.05) is 28.9 Å². The minimum atomic E-state index is -0.250. The summed E-state index contributed by atoms with van der Waals surface area (Å²) in [7, 11) is 4.01. The summed E-state index contributed by atoms with van der Waals surface area (Å²) >= 11 is 7.72. The Kier molecular flexibility index (Phi) is 5.30. The maximum atomic E-state index is 12.5. The van der Waals surface area contributed by atoms with E-state index in [4.69, 9.17) is 16.7 Å². The Bertz CT molecular complexity index is 1030. The predicted molar refractivity (Wildman–Crippen MR) is 122 cm³/mol. The monoisotopic (exact) mass is 424 g/mol. The summed E-state index contributed by atoms with van der Waals surface area (Å²) < 4.78 is 0. The summed E-state index contributed by atoms with van der Waals surface area (Å²) in [5.41, 5.74) is 2.88. The molecule has 0 fully saturated rings. The van der Waals surface area contributed by atoms with Crippen molar-refractivity contribution >= 4 is 51.6 Å². The molecule has 1 aliphatic rings. The molecule has 0 saturated heterocycles. The number of carbonyl (C=O) groups excluding carboxylic acids is 1. The highest BCUT2D eigenvalue weighted by Gasteiger charge is 2.39. The molecule has 0 spiro atoms. The molecular weight excluding hydrogens is 404 g/mol. The lowest BCUT2D eigenvalue weighted by molar-refractivity contribution is -0.111. The quantitative estimate of drug-likeness (QED) is 0.550. The van der Waals surface area contributed by atoms with Crippen LogP contribution < -0.4 is 14.8 Å². The van der Waals surface area contributed by atoms with Crippen LogP contribution in [0.5, 0.6) is 0 Å². The van der Waals surface area contributed by atoms with Crippen LogP contribution in [0.2, 0.25) is 5.02 Å². The number of Topliss-reactive ketones (excluding diaryl/α,β-unsaturated/α-hetero) is 1. The van der Waals surface area contributed by atoms with Crippen LogP contribution in [-0.2, 0) is 4.79 Å². The predicted octanol–water partition coefficient (Wildman–Crippen LogP) is 5.40. The van der Waals surface area contributed by atoms with Gasteiger partial charge in [0.2, 0.25) is 0 Å². The summed E-state index contributed by atoms with van der Waals surface area (Å²) in [6, 6.07) is 19.7. The van der Waals surface area contributed by atoms with Crippen molar-refractivity contribution in [3.05, 3.63) is 75.9 Å². The average Bonchev–Trinajstić information content (AvgIpc) is 3.36. The molecule has 3 aromatic rings. The van der Waals surface area contributed by atoms with Crippen molar-refractivity contribution in [1.82, 2.24) is 0 Å². The normalized spacial score (nSPS) is 16.1. The highest BCUT2D eigenvalue weighted by atomic mass is 35.5. The molecule has 29 heavy (non-hydrogen) atoms. The number of hydrazone groups is 1. The van der Waals surface area contributed by atoms with Gasteiger partial charge in [0.15, 0.2) is 17.8 Å². The number of carbonyl (C=O) groups is 1. The first-order valence-corrected chi connectivity index (χ1v) is 10.5. The fraction of sp³-hybridized carbons (Fsp3) is 0.182. The van der Waals surface area contributed by atoms with Crippen molar-refractivity contribution in [3.63, 3.8) is 0 Å². The number of ketones is 1. The number of rotatable bonds is 5. The lowest BCUT2D eigenvalue weighted by Crippen LogP contribution is -2.37. The molecule has 0 amide bonds. The second kappa shape index (κ2) is 7.89. The summed E-state index contributed by atoms with van der Waals surface area (Å²) in [6.07, 6.45) is -0.250. The van der Waals surface area contributed by atoms with Crippen molar-refractivity contribution in [2.24, 2.45) is 5.10 Å². The Labute approximate surface area is 179 Å². The molecule has 0 bridgehead atoms.